The molecule has 190 valence electrons. The second-order valence-corrected chi connectivity index (χ2v) is 10.2. The molecule has 5 nitrogen and oxygen atoms in total. The maximum Gasteiger partial charge on any atom is 0.131 e. The van der Waals surface area contributed by atoms with E-state index < -0.39 is 0 Å². The van der Waals surface area contributed by atoms with Crippen LogP contribution in [0.15, 0.2) is 78.9 Å². The Balaban J connectivity index is 1.10. The number of likely N-dealkylation sites (tertiary alicyclic amines) is 1. The summed E-state index contributed by atoms with van der Waals surface area (Å²) in [7, 11) is 2.16. The van der Waals surface area contributed by atoms with Crippen molar-refractivity contribution in [2.45, 2.75) is 50.9 Å². The molecular weight excluding hydrogens is 448 g/mol. The Morgan fingerprint density at radius 1 is 0.917 bits per heavy atom. The first-order valence-corrected chi connectivity index (χ1v) is 13.3. The van der Waals surface area contributed by atoms with Gasteiger partial charge in [0.25, 0.3) is 0 Å². The summed E-state index contributed by atoms with van der Waals surface area (Å²) in [5.41, 5.74) is 2.62. The average Bonchev–Trinajstić information content (AvgIpc) is 3.29. The molecule has 1 spiro atoms. The summed E-state index contributed by atoms with van der Waals surface area (Å²) in [6.45, 7) is 7.08. The van der Waals surface area contributed by atoms with Gasteiger partial charge in [0.15, 0.2) is 0 Å². The lowest BCUT2D eigenvalue weighted by molar-refractivity contribution is -0.0454. The topological polar surface area (TPSA) is 34.2 Å². The van der Waals surface area contributed by atoms with Crippen molar-refractivity contribution in [3.05, 3.63) is 84.4 Å². The molecule has 3 aromatic carbocycles. The zero-order valence-electron chi connectivity index (χ0n) is 21.6. The zero-order chi connectivity index (χ0) is 24.8. The van der Waals surface area contributed by atoms with E-state index in [1.54, 1.807) is 0 Å². The maximum atomic E-state index is 6.37. The number of piperidine rings is 1. The van der Waals surface area contributed by atoms with Crippen LogP contribution >= 0.6 is 0 Å². The Labute approximate surface area is 215 Å². The van der Waals surface area contributed by atoms with Gasteiger partial charge in [0.1, 0.15) is 23.4 Å². The predicted molar refractivity (Wildman–Crippen MR) is 145 cm³/mol. The van der Waals surface area contributed by atoms with Crippen LogP contribution in [0.2, 0.25) is 0 Å². The second-order valence-electron chi connectivity index (χ2n) is 10.2. The van der Waals surface area contributed by atoms with E-state index in [9.17, 15) is 0 Å². The smallest absolute Gasteiger partial charge is 0.131 e. The van der Waals surface area contributed by atoms with Crippen LogP contribution in [0.4, 0.5) is 5.69 Å². The minimum Gasteiger partial charge on any atom is -0.488 e. The van der Waals surface area contributed by atoms with Gasteiger partial charge >= 0.3 is 0 Å². The second kappa shape index (κ2) is 11.4. The first-order chi connectivity index (χ1) is 17.6. The molecule has 3 aromatic rings. The largest absolute Gasteiger partial charge is 0.488 e. The minimum atomic E-state index is -0.0496. The van der Waals surface area contributed by atoms with E-state index in [-0.39, 0.29) is 11.7 Å². The normalized spacial score (nSPS) is 19.3. The van der Waals surface area contributed by atoms with Crippen molar-refractivity contribution >= 4 is 5.69 Å². The summed E-state index contributed by atoms with van der Waals surface area (Å²) in [6.07, 6.45) is 4.30. The van der Waals surface area contributed by atoms with Crippen LogP contribution in [0.1, 0.15) is 38.2 Å². The summed E-state index contributed by atoms with van der Waals surface area (Å²) in [4.78, 5) is 4.87. The molecule has 2 saturated heterocycles. The first-order valence-electron chi connectivity index (χ1n) is 13.3. The van der Waals surface area contributed by atoms with Gasteiger partial charge in [-0.15, -0.1) is 0 Å². The van der Waals surface area contributed by atoms with Gasteiger partial charge in [-0.25, -0.2) is 0 Å². The lowest BCUT2D eigenvalue weighted by Gasteiger charge is -2.38. The van der Waals surface area contributed by atoms with Crippen LogP contribution in [0.25, 0.3) is 0 Å². The van der Waals surface area contributed by atoms with E-state index in [1.807, 2.05) is 54.6 Å². The average molecular weight is 487 g/mol. The highest BCUT2D eigenvalue weighted by Crippen LogP contribution is 2.38. The van der Waals surface area contributed by atoms with Gasteiger partial charge in [0.2, 0.25) is 0 Å². The third-order valence-corrected chi connectivity index (χ3v) is 7.37. The maximum absolute atomic E-state index is 6.37. The molecule has 5 rings (SSSR count). The van der Waals surface area contributed by atoms with Gasteiger partial charge in [-0.3, -0.25) is 4.90 Å². The fourth-order valence-corrected chi connectivity index (χ4v) is 5.35. The molecule has 0 bridgehead atoms. The quantitative estimate of drug-likeness (QED) is 0.344. The molecule has 2 aliphatic heterocycles. The van der Waals surface area contributed by atoms with Gasteiger partial charge in [0.05, 0.1) is 12.2 Å². The van der Waals surface area contributed by atoms with Crippen molar-refractivity contribution < 1.29 is 14.2 Å². The third kappa shape index (κ3) is 6.21. The Hall–Kier alpha value is -3.02. The number of benzene rings is 3. The molecule has 5 heteroatoms. The minimum absolute atomic E-state index is 0.0496. The molecule has 2 heterocycles. The molecule has 36 heavy (non-hydrogen) atoms. The first kappa shape index (κ1) is 24.7. The van der Waals surface area contributed by atoms with E-state index >= 15 is 0 Å². The number of hydrogen-bond acceptors (Lipinski definition) is 5. The summed E-state index contributed by atoms with van der Waals surface area (Å²) >= 11 is 0. The number of rotatable bonds is 9. The Morgan fingerprint density at radius 2 is 1.64 bits per heavy atom. The number of ether oxygens (including phenoxy) is 3. The molecule has 0 N–H and O–H groups in total. The Bertz CT molecular complexity index is 1090. The molecule has 0 amide bonds. The summed E-state index contributed by atoms with van der Waals surface area (Å²) < 4.78 is 18.7. The van der Waals surface area contributed by atoms with Gasteiger partial charge < -0.3 is 19.1 Å². The summed E-state index contributed by atoms with van der Waals surface area (Å²) in [5, 5.41) is 0. The van der Waals surface area contributed by atoms with Gasteiger partial charge in [0, 0.05) is 51.4 Å². The monoisotopic (exact) mass is 486 g/mol. The van der Waals surface area contributed by atoms with Crippen molar-refractivity contribution in [1.82, 2.24) is 4.90 Å². The molecule has 0 saturated carbocycles. The number of nitrogens with zero attached hydrogens (tertiary/aromatic N) is 2. The standard InChI is InChI=1S/C31H38N2O3/c1-3-18-32(2)26-14-12-25(13-15-26)23-33-19-16-31(17-20-33)22-30(24-34-31)36-29-11-7-10-28(21-29)35-27-8-5-4-6-9-27/h4-15,21,30H,3,16-20,22-24H2,1-2H3. The van der Waals surface area contributed by atoms with Crippen LogP contribution in [0.5, 0.6) is 17.2 Å². The van der Waals surface area contributed by atoms with Crippen molar-refractivity contribution in [2.24, 2.45) is 0 Å². The van der Waals surface area contributed by atoms with Gasteiger partial charge in [-0.1, -0.05) is 43.3 Å². The van der Waals surface area contributed by atoms with E-state index in [1.165, 1.54) is 11.3 Å². The molecule has 0 radical (unpaired) electrons. The fraction of sp³-hybridized carbons (Fsp3) is 0.419. The van der Waals surface area contributed by atoms with E-state index in [0.717, 1.165) is 69.1 Å². The summed E-state index contributed by atoms with van der Waals surface area (Å²) in [6, 6.07) is 26.8. The molecule has 0 aromatic heterocycles. The number of hydrogen-bond donors (Lipinski definition) is 0. The van der Waals surface area contributed by atoms with Crippen molar-refractivity contribution in [3.63, 3.8) is 0 Å². The molecule has 2 aliphatic rings. The van der Waals surface area contributed by atoms with Crippen LogP contribution in [0, 0.1) is 0 Å². The van der Waals surface area contributed by atoms with Gasteiger partial charge in [-0.05, 0) is 61.2 Å². The molecule has 2 fully saturated rings. The highest BCUT2D eigenvalue weighted by Gasteiger charge is 2.43. The van der Waals surface area contributed by atoms with Gasteiger partial charge in [-0.2, -0.15) is 0 Å². The van der Waals surface area contributed by atoms with Crippen LogP contribution in [-0.4, -0.2) is 49.9 Å². The molecule has 1 unspecified atom stereocenters. The number of anilines is 1. The van der Waals surface area contributed by atoms with Crippen molar-refractivity contribution in [3.8, 4) is 17.2 Å². The zero-order valence-corrected chi connectivity index (χ0v) is 21.6. The van der Waals surface area contributed by atoms with E-state index in [2.05, 4.69) is 48.0 Å². The molecular formula is C31H38N2O3. The van der Waals surface area contributed by atoms with E-state index in [0.29, 0.717) is 6.61 Å². The molecule has 0 aliphatic carbocycles. The highest BCUT2D eigenvalue weighted by molar-refractivity contribution is 5.46. The third-order valence-electron chi connectivity index (χ3n) is 7.37. The van der Waals surface area contributed by atoms with E-state index in [4.69, 9.17) is 14.2 Å². The SMILES string of the molecule is CCCN(C)c1ccc(CN2CCC3(CC2)CC(Oc2cccc(Oc4ccccc4)c2)CO3)cc1. The summed E-state index contributed by atoms with van der Waals surface area (Å²) in [5.74, 6) is 2.44. The fourth-order valence-electron chi connectivity index (χ4n) is 5.35. The molecule has 1 atom stereocenters. The Morgan fingerprint density at radius 3 is 2.39 bits per heavy atom. The van der Waals surface area contributed by atoms with Crippen molar-refractivity contribution in [1.29, 1.82) is 0 Å². The van der Waals surface area contributed by atoms with Crippen LogP contribution in [-0.2, 0) is 11.3 Å². The van der Waals surface area contributed by atoms with Crippen molar-refractivity contribution in [2.75, 3.05) is 38.2 Å². The Kier molecular flexibility index (Phi) is 7.78. The lowest BCUT2D eigenvalue weighted by Crippen LogP contribution is -2.44. The lowest BCUT2D eigenvalue weighted by atomic mass is 9.88. The van der Waals surface area contributed by atoms with Crippen LogP contribution < -0.4 is 14.4 Å². The van der Waals surface area contributed by atoms with Crippen LogP contribution in [0.3, 0.4) is 0 Å². The highest BCUT2D eigenvalue weighted by atomic mass is 16.6. The number of para-hydroxylation sites is 1. The predicted octanol–water partition coefficient (Wildman–Crippen LogP) is 6.53.